The molecule has 0 aliphatic heterocycles. The smallest absolute Gasteiger partial charge is 0.326 e. The molecule has 0 saturated carbocycles. The number of hydrogen-bond acceptors (Lipinski definition) is 4. The van der Waals surface area contributed by atoms with Crippen molar-refractivity contribution in [2.75, 3.05) is 7.11 Å². The number of carboxylic acids is 1. The van der Waals surface area contributed by atoms with Gasteiger partial charge in [-0.15, -0.1) is 0 Å². The number of methoxy groups -OCH3 is 1. The van der Waals surface area contributed by atoms with Crippen molar-refractivity contribution in [1.82, 2.24) is 5.32 Å². The molecule has 0 spiro atoms. The van der Waals surface area contributed by atoms with E-state index in [-0.39, 0.29) is 12.8 Å². The van der Waals surface area contributed by atoms with Crippen molar-refractivity contribution in [2.45, 2.75) is 31.4 Å². The zero-order chi connectivity index (χ0) is 17.9. The van der Waals surface area contributed by atoms with Crippen LogP contribution in [0.3, 0.4) is 0 Å². The van der Waals surface area contributed by atoms with Crippen LogP contribution in [-0.2, 0) is 25.5 Å². The van der Waals surface area contributed by atoms with E-state index in [9.17, 15) is 14.4 Å². The first kappa shape index (κ1) is 19.2. The molecule has 24 heavy (non-hydrogen) atoms. The molecule has 8 heteroatoms. The third kappa shape index (κ3) is 6.51. The quantitative estimate of drug-likeness (QED) is 0.365. The minimum absolute atomic E-state index is 0.117. The zero-order valence-electron chi connectivity index (χ0n) is 13.2. The lowest BCUT2D eigenvalue weighted by Crippen LogP contribution is -2.46. The van der Waals surface area contributed by atoms with Crippen LogP contribution in [0.15, 0.2) is 30.3 Å². The maximum atomic E-state index is 12.2. The zero-order valence-corrected chi connectivity index (χ0v) is 13.2. The highest BCUT2D eigenvalue weighted by Gasteiger charge is 2.26. The molecule has 128 valence electrons. The number of rotatable bonds is 10. The summed E-state index contributed by atoms with van der Waals surface area (Å²) in [5.74, 6) is -2.37. The summed E-state index contributed by atoms with van der Waals surface area (Å²) in [6, 6.07) is 7.94. The fraction of sp³-hybridized carbons (Fsp3) is 0.375. The van der Waals surface area contributed by atoms with Crippen LogP contribution in [0.2, 0.25) is 0 Å². The Bertz CT molecular complexity index is 626. The fourth-order valence-electron chi connectivity index (χ4n) is 2.05. The van der Waals surface area contributed by atoms with E-state index < -0.39 is 29.8 Å². The van der Waals surface area contributed by atoms with Crippen LogP contribution >= 0.6 is 0 Å². The first-order valence-electron chi connectivity index (χ1n) is 7.28. The number of ketones is 1. The highest BCUT2D eigenvalue weighted by molar-refractivity contribution is 6.25. The molecule has 1 aromatic rings. The van der Waals surface area contributed by atoms with Gasteiger partial charge in [0.05, 0.1) is 0 Å². The molecule has 0 aliphatic rings. The summed E-state index contributed by atoms with van der Waals surface area (Å²) in [6.07, 6.45) is -0.144. The summed E-state index contributed by atoms with van der Waals surface area (Å²) < 4.78 is 5.13. The van der Waals surface area contributed by atoms with Crippen molar-refractivity contribution in [3.8, 4) is 0 Å². The van der Waals surface area contributed by atoms with Crippen LogP contribution in [0.5, 0.6) is 0 Å². The lowest BCUT2D eigenvalue weighted by atomic mass is 10.1. The van der Waals surface area contributed by atoms with E-state index in [0.29, 0.717) is 12.6 Å². The number of nitrogens with one attached hydrogen (secondary N) is 1. The first-order valence-corrected chi connectivity index (χ1v) is 7.28. The van der Waals surface area contributed by atoms with Crippen molar-refractivity contribution >= 4 is 23.9 Å². The normalized spacial score (nSPS) is 12.5. The number of carbonyl (C=O) groups excluding carboxylic acids is 2. The number of Topliss-reactive ketones (excluding diaryl/α,β-unsaturated/α-hetero) is 1. The molecular formula is C16H19N3O5. The highest BCUT2D eigenvalue weighted by atomic mass is 16.5. The fourth-order valence-corrected chi connectivity index (χ4v) is 2.05. The second kappa shape index (κ2) is 10.0. The number of benzene rings is 1. The highest BCUT2D eigenvalue weighted by Crippen LogP contribution is 2.07. The van der Waals surface area contributed by atoms with Gasteiger partial charge in [-0.3, -0.25) is 9.59 Å². The van der Waals surface area contributed by atoms with Gasteiger partial charge in [-0.05, 0) is 12.0 Å². The average molecular weight is 333 g/mol. The van der Waals surface area contributed by atoms with Crippen molar-refractivity contribution in [2.24, 2.45) is 0 Å². The SMILES string of the molecule is COC(Cc1ccccc1)C(=O)NC(CCC(=O)C=[N+]=[N-])C(=O)O. The van der Waals surface area contributed by atoms with Gasteiger partial charge in [0.15, 0.2) is 0 Å². The van der Waals surface area contributed by atoms with Gasteiger partial charge in [0.1, 0.15) is 12.1 Å². The topological polar surface area (TPSA) is 129 Å². The van der Waals surface area contributed by atoms with Crippen molar-refractivity contribution in [3.63, 3.8) is 0 Å². The molecule has 0 fully saturated rings. The molecule has 2 unspecified atom stereocenters. The van der Waals surface area contributed by atoms with Gasteiger partial charge in [-0.1, -0.05) is 30.3 Å². The number of carbonyl (C=O) groups is 3. The molecule has 0 aliphatic carbocycles. The van der Waals surface area contributed by atoms with E-state index in [4.69, 9.17) is 15.4 Å². The summed E-state index contributed by atoms with van der Waals surface area (Å²) in [5.41, 5.74) is 9.12. The molecule has 2 atom stereocenters. The van der Waals surface area contributed by atoms with Gasteiger partial charge in [0.2, 0.25) is 11.7 Å². The first-order chi connectivity index (χ1) is 11.5. The Morgan fingerprint density at radius 2 is 2.00 bits per heavy atom. The van der Waals surface area contributed by atoms with E-state index in [0.717, 1.165) is 5.56 Å². The number of amides is 1. The van der Waals surface area contributed by atoms with E-state index in [1.54, 1.807) is 0 Å². The second-order valence-corrected chi connectivity index (χ2v) is 5.06. The molecule has 0 aromatic heterocycles. The van der Waals surface area contributed by atoms with Crippen LogP contribution < -0.4 is 5.32 Å². The lowest BCUT2D eigenvalue weighted by molar-refractivity contribution is -0.144. The molecule has 1 aromatic carbocycles. The Kier molecular flexibility index (Phi) is 8.04. The Hall–Kier alpha value is -2.83. The predicted molar refractivity (Wildman–Crippen MR) is 84.4 cm³/mol. The van der Waals surface area contributed by atoms with Crippen LogP contribution in [0.4, 0.5) is 0 Å². The van der Waals surface area contributed by atoms with Gasteiger partial charge < -0.3 is 20.7 Å². The summed E-state index contributed by atoms with van der Waals surface area (Å²) >= 11 is 0. The van der Waals surface area contributed by atoms with E-state index in [2.05, 4.69) is 10.1 Å². The van der Waals surface area contributed by atoms with Gasteiger partial charge in [-0.2, -0.15) is 4.79 Å². The van der Waals surface area contributed by atoms with E-state index in [1.807, 2.05) is 30.3 Å². The maximum absolute atomic E-state index is 12.2. The summed E-state index contributed by atoms with van der Waals surface area (Å²) in [6.45, 7) is 0. The summed E-state index contributed by atoms with van der Waals surface area (Å²) in [4.78, 5) is 37.3. The second-order valence-electron chi connectivity index (χ2n) is 5.06. The number of carboxylic acid groups (broad SMARTS) is 1. The Morgan fingerprint density at radius 1 is 1.33 bits per heavy atom. The van der Waals surface area contributed by atoms with Crippen LogP contribution in [0, 0.1) is 0 Å². The van der Waals surface area contributed by atoms with Crippen LogP contribution in [0.1, 0.15) is 18.4 Å². The van der Waals surface area contributed by atoms with E-state index >= 15 is 0 Å². The molecule has 1 rings (SSSR count). The summed E-state index contributed by atoms with van der Waals surface area (Å²) in [7, 11) is 1.37. The average Bonchev–Trinajstić information content (AvgIpc) is 2.57. The summed E-state index contributed by atoms with van der Waals surface area (Å²) in [5, 5.41) is 11.5. The lowest BCUT2D eigenvalue weighted by Gasteiger charge is -2.19. The number of ether oxygens (including phenoxy) is 1. The number of aliphatic carboxylic acids is 1. The molecule has 8 nitrogen and oxygen atoms in total. The molecular weight excluding hydrogens is 314 g/mol. The molecule has 1 amide bonds. The maximum Gasteiger partial charge on any atom is 0.326 e. The Labute approximate surface area is 139 Å². The Balaban J connectivity index is 2.66. The van der Waals surface area contributed by atoms with Crippen LogP contribution in [-0.4, -0.2) is 53.0 Å². The Morgan fingerprint density at radius 3 is 2.54 bits per heavy atom. The third-order valence-corrected chi connectivity index (χ3v) is 3.34. The number of hydrogen-bond donors (Lipinski definition) is 2. The predicted octanol–water partition coefficient (Wildman–Crippen LogP) is 0.463. The molecule has 0 saturated heterocycles. The minimum Gasteiger partial charge on any atom is -0.480 e. The van der Waals surface area contributed by atoms with Gasteiger partial charge >= 0.3 is 12.2 Å². The minimum atomic E-state index is -1.26. The number of nitrogens with zero attached hydrogens (tertiary/aromatic N) is 2. The monoisotopic (exact) mass is 333 g/mol. The third-order valence-electron chi connectivity index (χ3n) is 3.34. The molecule has 0 heterocycles. The van der Waals surface area contributed by atoms with Crippen molar-refractivity contribution in [1.29, 1.82) is 0 Å². The largest absolute Gasteiger partial charge is 0.480 e. The van der Waals surface area contributed by atoms with Gasteiger partial charge in [0, 0.05) is 20.0 Å². The molecule has 0 bridgehead atoms. The molecule has 0 radical (unpaired) electrons. The van der Waals surface area contributed by atoms with Crippen molar-refractivity contribution < 1.29 is 29.0 Å². The van der Waals surface area contributed by atoms with Crippen LogP contribution in [0.25, 0.3) is 5.53 Å². The standard InChI is InChI=1S/C16H19N3O5/c1-24-14(9-11-5-3-2-4-6-11)15(21)19-13(16(22)23)8-7-12(20)10-18-17/h2-6,10,13-14H,7-9H2,1H3,(H,19,21)(H,22,23). The van der Waals surface area contributed by atoms with Gasteiger partial charge in [0.25, 0.3) is 0 Å². The van der Waals surface area contributed by atoms with Crippen molar-refractivity contribution in [3.05, 3.63) is 41.4 Å². The van der Waals surface area contributed by atoms with E-state index in [1.165, 1.54) is 7.11 Å². The van der Waals surface area contributed by atoms with Gasteiger partial charge in [-0.25, -0.2) is 4.79 Å². The molecule has 2 N–H and O–H groups in total.